The summed E-state index contributed by atoms with van der Waals surface area (Å²) in [5.74, 6) is -0.248. The van der Waals surface area contributed by atoms with Crippen molar-refractivity contribution in [3.05, 3.63) is 29.8 Å². The minimum atomic E-state index is -0.621. The molecular formula is C17H23F2NOS. The lowest BCUT2D eigenvalue weighted by Crippen LogP contribution is -2.46. The summed E-state index contributed by atoms with van der Waals surface area (Å²) in [5, 5.41) is 2.68. The molecule has 0 aliphatic heterocycles. The van der Waals surface area contributed by atoms with Crippen LogP contribution in [0.25, 0.3) is 0 Å². The molecule has 1 aliphatic carbocycles. The third-order valence-electron chi connectivity index (χ3n) is 4.60. The van der Waals surface area contributed by atoms with Crippen LogP contribution in [0.1, 0.15) is 40.0 Å². The highest BCUT2D eigenvalue weighted by Gasteiger charge is 2.29. The van der Waals surface area contributed by atoms with Crippen molar-refractivity contribution in [1.29, 1.82) is 0 Å². The summed E-state index contributed by atoms with van der Waals surface area (Å²) in [6.45, 7) is 6.14. The number of carbonyl (C=O) groups is 1. The van der Waals surface area contributed by atoms with E-state index >= 15 is 0 Å². The van der Waals surface area contributed by atoms with Crippen molar-refractivity contribution in [2.45, 2.75) is 56.2 Å². The molecule has 0 heterocycles. The van der Waals surface area contributed by atoms with Gasteiger partial charge in [-0.2, -0.15) is 0 Å². The number of carbonyl (C=O) groups excluding carboxylic acids is 1. The fraction of sp³-hybridized carbons (Fsp3) is 0.588. The molecule has 1 aliphatic rings. The maximum atomic E-state index is 13.7. The molecule has 4 atom stereocenters. The molecule has 1 aromatic rings. The average Bonchev–Trinajstić information content (AvgIpc) is 2.46. The van der Waals surface area contributed by atoms with Gasteiger partial charge in [0.1, 0.15) is 11.6 Å². The number of hydrogen-bond acceptors (Lipinski definition) is 2. The Kier molecular flexibility index (Phi) is 5.84. The lowest BCUT2D eigenvalue weighted by Gasteiger charge is -2.35. The number of amides is 1. The normalized spacial score (nSPS) is 26.5. The Morgan fingerprint density at radius 2 is 2.05 bits per heavy atom. The molecule has 1 N–H and O–H groups in total. The third-order valence-corrected chi connectivity index (χ3v) is 5.75. The topological polar surface area (TPSA) is 29.1 Å². The molecule has 0 aromatic heterocycles. The Balaban J connectivity index is 1.94. The van der Waals surface area contributed by atoms with Crippen molar-refractivity contribution in [1.82, 2.24) is 5.32 Å². The van der Waals surface area contributed by atoms with Gasteiger partial charge in [0.2, 0.25) is 5.91 Å². The molecule has 2 nitrogen and oxygen atoms in total. The second kappa shape index (κ2) is 7.44. The summed E-state index contributed by atoms with van der Waals surface area (Å²) in [4.78, 5) is 12.6. The van der Waals surface area contributed by atoms with Crippen LogP contribution in [0.4, 0.5) is 8.78 Å². The molecule has 22 heavy (non-hydrogen) atoms. The Hall–Kier alpha value is -1.10. The second-order valence-corrected chi connectivity index (χ2v) is 7.60. The zero-order valence-electron chi connectivity index (χ0n) is 13.2. The highest BCUT2D eigenvalue weighted by Crippen LogP contribution is 2.31. The van der Waals surface area contributed by atoms with Crippen LogP contribution in [-0.4, -0.2) is 17.2 Å². The number of hydrogen-bond donors (Lipinski definition) is 1. The minimum Gasteiger partial charge on any atom is -0.352 e. The molecule has 0 bridgehead atoms. The predicted octanol–water partition coefficient (Wildman–Crippen LogP) is 4.39. The highest BCUT2D eigenvalue weighted by atomic mass is 32.2. The first-order valence-electron chi connectivity index (χ1n) is 7.80. The van der Waals surface area contributed by atoms with Crippen LogP contribution in [0.2, 0.25) is 0 Å². The zero-order chi connectivity index (χ0) is 16.3. The van der Waals surface area contributed by atoms with Gasteiger partial charge in [0, 0.05) is 17.0 Å². The first kappa shape index (κ1) is 17.3. The number of halogens is 2. The van der Waals surface area contributed by atoms with Crippen molar-refractivity contribution >= 4 is 17.7 Å². The average molecular weight is 327 g/mol. The fourth-order valence-corrected chi connectivity index (χ4v) is 3.77. The Morgan fingerprint density at radius 1 is 1.32 bits per heavy atom. The van der Waals surface area contributed by atoms with Crippen LogP contribution in [0.3, 0.4) is 0 Å². The summed E-state index contributed by atoms with van der Waals surface area (Å²) >= 11 is 1.12. The van der Waals surface area contributed by atoms with E-state index in [0.29, 0.717) is 16.7 Å². The molecule has 0 radical (unpaired) electrons. The summed E-state index contributed by atoms with van der Waals surface area (Å²) in [5.41, 5.74) is 0. The van der Waals surface area contributed by atoms with Crippen LogP contribution < -0.4 is 5.32 Å². The summed E-state index contributed by atoms with van der Waals surface area (Å²) in [7, 11) is 0. The maximum Gasteiger partial charge on any atom is 0.233 e. The van der Waals surface area contributed by atoms with Gasteiger partial charge in [-0.15, -0.1) is 11.8 Å². The van der Waals surface area contributed by atoms with Crippen molar-refractivity contribution in [2.24, 2.45) is 11.8 Å². The van der Waals surface area contributed by atoms with Crippen LogP contribution >= 0.6 is 11.8 Å². The Morgan fingerprint density at radius 3 is 2.73 bits per heavy atom. The van der Waals surface area contributed by atoms with Gasteiger partial charge in [0.05, 0.1) is 5.25 Å². The predicted molar refractivity (Wildman–Crippen MR) is 85.8 cm³/mol. The lowest BCUT2D eigenvalue weighted by atomic mass is 9.78. The van der Waals surface area contributed by atoms with Crippen molar-refractivity contribution in [3.63, 3.8) is 0 Å². The van der Waals surface area contributed by atoms with Gasteiger partial charge >= 0.3 is 0 Å². The van der Waals surface area contributed by atoms with E-state index in [1.165, 1.54) is 18.6 Å². The van der Waals surface area contributed by atoms with Crippen LogP contribution in [0.5, 0.6) is 0 Å². The summed E-state index contributed by atoms with van der Waals surface area (Å²) < 4.78 is 26.6. The molecule has 5 heteroatoms. The van der Waals surface area contributed by atoms with Crippen LogP contribution in [0.15, 0.2) is 23.1 Å². The molecule has 0 saturated heterocycles. The van der Waals surface area contributed by atoms with Gasteiger partial charge in [-0.1, -0.05) is 26.7 Å². The Labute approximate surface area is 135 Å². The molecule has 0 spiro atoms. The molecule has 1 saturated carbocycles. The quantitative estimate of drug-likeness (QED) is 0.831. The molecule has 1 amide bonds. The van der Waals surface area contributed by atoms with Gasteiger partial charge < -0.3 is 5.32 Å². The van der Waals surface area contributed by atoms with E-state index in [-0.39, 0.29) is 11.9 Å². The molecule has 1 aromatic carbocycles. The van der Waals surface area contributed by atoms with Gasteiger partial charge in [-0.3, -0.25) is 4.79 Å². The third kappa shape index (κ3) is 4.22. The van der Waals surface area contributed by atoms with Gasteiger partial charge in [-0.25, -0.2) is 8.78 Å². The van der Waals surface area contributed by atoms with Gasteiger partial charge in [0.15, 0.2) is 0 Å². The van der Waals surface area contributed by atoms with Crippen molar-refractivity contribution < 1.29 is 13.6 Å². The zero-order valence-corrected chi connectivity index (χ0v) is 14.1. The minimum absolute atomic E-state index is 0.0836. The molecule has 122 valence electrons. The standard InChI is InChI=1S/C17H23F2NOS/c1-10-5-4-6-15(11(10)2)20-17(21)12(3)22-16-8-7-13(18)9-14(16)19/h7-12,15H,4-6H2,1-3H3,(H,20,21)/t10-,11-,12-,15-/m1/s1. The molecule has 2 rings (SSSR count). The van der Waals surface area contributed by atoms with Crippen LogP contribution in [0, 0.1) is 23.5 Å². The monoisotopic (exact) mass is 327 g/mol. The second-order valence-electron chi connectivity index (χ2n) is 6.22. The van der Waals surface area contributed by atoms with Crippen LogP contribution in [-0.2, 0) is 4.79 Å². The summed E-state index contributed by atoms with van der Waals surface area (Å²) in [6.07, 6.45) is 3.34. The van der Waals surface area contributed by atoms with E-state index in [2.05, 4.69) is 19.2 Å². The van der Waals surface area contributed by atoms with E-state index in [1.54, 1.807) is 6.92 Å². The smallest absolute Gasteiger partial charge is 0.233 e. The molecule has 0 unspecified atom stereocenters. The van der Waals surface area contributed by atoms with Crippen molar-refractivity contribution in [2.75, 3.05) is 0 Å². The summed E-state index contributed by atoms with van der Waals surface area (Å²) in [6, 6.07) is 3.63. The van der Waals surface area contributed by atoms with Gasteiger partial charge in [0.25, 0.3) is 0 Å². The number of nitrogens with one attached hydrogen (secondary N) is 1. The van der Waals surface area contributed by atoms with E-state index in [0.717, 1.165) is 30.7 Å². The van der Waals surface area contributed by atoms with E-state index in [1.807, 2.05) is 0 Å². The fourth-order valence-electron chi connectivity index (χ4n) is 2.90. The largest absolute Gasteiger partial charge is 0.352 e. The number of benzene rings is 1. The maximum absolute atomic E-state index is 13.7. The molecular weight excluding hydrogens is 304 g/mol. The van der Waals surface area contributed by atoms with E-state index < -0.39 is 16.9 Å². The SMILES string of the molecule is C[C@@H]1[C@H](C)CCC[C@H]1NC(=O)[C@@H](C)Sc1ccc(F)cc1F. The first-order valence-corrected chi connectivity index (χ1v) is 8.68. The van der Waals surface area contributed by atoms with E-state index in [9.17, 15) is 13.6 Å². The van der Waals surface area contributed by atoms with Gasteiger partial charge in [-0.05, 0) is 37.3 Å². The molecule has 1 fully saturated rings. The van der Waals surface area contributed by atoms with Crippen molar-refractivity contribution in [3.8, 4) is 0 Å². The highest BCUT2D eigenvalue weighted by molar-refractivity contribution is 8.00. The number of thioether (sulfide) groups is 1. The lowest BCUT2D eigenvalue weighted by molar-refractivity contribution is -0.121. The first-order chi connectivity index (χ1) is 10.4. The Bertz CT molecular complexity index is 537. The number of rotatable bonds is 4. The van der Waals surface area contributed by atoms with E-state index in [4.69, 9.17) is 0 Å².